The van der Waals surface area contributed by atoms with Gasteiger partial charge < -0.3 is 24.3 Å². The average Bonchev–Trinajstić information content (AvgIpc) is 2.91. The van der Waals surface area contributed by atoms with Crippen LogP contribution in [-0.2, 0) is 28.6 Å². The molecule has 2 N–H and O–H groups in total. The second-order valence-electron chi connectivity index (χ2n) is 8.26. The predicted molar refractivity (Wildman–Crippen MR) is 144 cm³/mol. The molecular weight excluding hydrogens is 522 g/mol. The van der Waals surface area contributed by atoms with Gasteiger partial charge in [-0.1, -0.05) is 24.8 Å². The molecule has 0 bridgehead atoms. The van der Waals surface area contributed by atoms with Crippen molar-refractivity contribution in [1.29, 1.82) is 0 Å². The second kappa shape index (κ2) is 15.4. The van der Waals surface area contributed by atoms with Crippen LogP contribution >= 0.6 is 0 Å². The zero-order valence-corrected chi connectivity index (χ0v) is 22.6. The Morgan fingerprint density at radius 3 is 2.20 bits per heavy atom. The third kappa shape index (κ3) is 10.4. The van der Waals surface area contributed by atoms with Gasteiger partial charge in [0.2, 0.25) is 12.1 Å². The highest BCUT2D eigenvalue weighted by atomic mass is 16.7. The van der Waals surface area contributed by atoms with E-state index in [1.54, 1.807) is 37.3 Å². The number of alkyl carbamates (subject to hydrolysis) is 1. The quantitative estimate of drug-likeness (QED) is 0.106. The van der Waals surface area contributed by atoms with Gasteiger partial charge in [0, 0.05) is 18.1 Å². The number of Topliss-reactive ketones (excluding diaryl/α,β-unsaturated/α-hetero) is 1. The summed E-state index contributed by atoms with van der Waals surface area (Å²) in [7, 11) is 0. The molecule has 0 aromatic heterocycles. The Hall–Kier alpha value is -5.00. The Morgan fingerprint density at radius 1 is 0.950 bits per heavy atom. The van der Waals surface area contributed by atoms with Crippen molar-refractivity contribution in [3.05, 3.63) is 72.3 Å². The van der Waals surface area contributed by atoms with Gasteiger partial charge in [-0.15, -0.1) is 0 Å². The fraction of sp³-hybridized carbons (Fsp3) is 0.286. The topological polar surface area (TPSA) is 159 Å². The van der Waals surface area contributed by atoms with Crippen molar-refractivity contribution in [2.75, 3.05) is 13.2 Å². The Kier molecular flexibility index (Phi) is 12.0. The van der Waals surface area contributed by atoms with Gasteiger partial charge in [0.25, 0.3) is 5.91 Å². The molecule has 2 amide bonds. The molecule has 0 heterocycles. The van der Waals surface area contributed by atoms with E-state index in [2.05, 4.69) is 22.2 Å². The van der Waals surface area contributed by atoms with Crippen molar-refractivity contribution in [3.63, 3.8) is 0 Å². The zero-order chi connectivity index (χ0) is 29.7. The molecule has 2 rings (SSSR count). The fourth-order valence-corrected chi connectivity index (χ4v) is 2.96. The molecule has 0 aliphatic carbocycles. The van der Waals surface area contributed by atoms with Gasteiger partial charge in [0.15, 0.2) is 12.4 Å². The van der Waals surface area contributed by atoms with Gasteiger partial charge in [-0.25, -0.2) is 19.4 Å². The molecular formula is C28H31N3O9. The number of benzene rings is 2. The van der Waals surface area contributed by atoms with Gasteiger partial charge in [0.05, 0.1) is 18.3 Å². The highest BCUT2D eigenvalue weighted by molar-refractivity contribution is 6.41. The number of amides is 2. The van der Waals surface area contributed by atoms with E-state index in [1.807, 2.05) is 0 Å². The first-order valence-corrected chi connectivity index (χ1v) is 12.2. The van der Waals surface area contributed by atoms with Crippen molar-refractivity contribution in [3.8, 4) is 5.75 Å². The molecule has 0 saturated carbocycles. The van der Waals surface area contributed by atoms with Crippen LogP contribution in [0.1, 0.15) is 38.1 Å². The molecule has 2 aromatic carbocycles. The lowest BCUT2D eigenvalue weighted by molar-refractivity contribution is -0.159. The first-order chi connectivity index (χ1) is 19.0. The SMILES string of the molecule is C=C(C)C(=O)OC(C)OC(=O)N/C(=N/c1ccccc1)C(=O)NC(C)C(=O)c1ccc(OCC(=O)OCC)cc1. The van der Waals surface area contributed by atoms with E-state index in [9.17, 15) is 24.0 Å². The molecule has 2 atom stereocenters. The molecule has 12 nitrogen and oxygen atoms in total. The monoisotopic (exact) mass is 553 g/mol. The van der Waals surface area contributed by atoms with Gasteiger partial charge in [-0.2, -0.15) is 0 Å². The summed E-state index contributed by atoms with van der Waals surface area (Å²) >= 11 is 0. The van der Waals surface area contributed by atoms with Crippen LogP contribution in [0.2, 0.25) is 0 Å². The van der Waals surface area contributed by atoms with Crippen molar-refractivity contribution < 1.29 is 42.9 Å². The summed E-state index contributed by atoms with van der Waals surface area (Å²) in [5.41, 5.74) is 0.713. The minimum absolute atomic E-state index is 0.110. The number of rotatable bonds is 11. The lowest BCUT2D eigenvalue weighted by Gasteiger charge is -2.17. The smallest absolute Gasteiger partial charge is 0.416 e. The van der Waals surface area contributed by atoms with E-state index in [1.165, 1.54) is 45.0 Å². The van der Waals surface area contributed by atoms with E-state index in [0.29, 0.717) is 11.4 Å². The number of ether oxygens (including phenoxy) is 4. The minimum Gasteiger partial charge on any atom is -0.482 e. The number of nitrogens with zero attached hydrogens (tertiary/aromatic N) is 1. The number of esters is 2. The van der Waals surface area contributed by atoms with E-state index in [4.69, 9.17) is 18.9 Å². The number of para-hydroxylation sites is 1. The molecule has 40 heavy (non-hydrogen) atoms. The van der Waals surface area contributed by atoms with E-state index in [0.717, 1.165) is 0 Å². The molecule has 0 saturated heterocycles. The second-order valence-corrected chi connectivity index (χ2v) is 8.26. The van der Waals surface area contributed by atoms with Crippen LogP contribution in [0.25, 0.3) is 0 Å². The maximum absolute atomic E-state index is 13.0. The Morgan fingerprint density at radius 2 is 1.60 bits per heavy atom. The van der Waals surface area contributed by atoms with E-state index in [-0.39, 0.29) is 24.4 Å². The van der Waals surface area contributed by atoms with Crippen LogP contribution in [-0.4, -0.2) is 61.1 Å². The molecule has 212 valence electrons. The summed E-state index contributed by atoms with van der Waals surface area (Å²) < 4.78 is 20.0. The number of carbonyl (C=O) groups excluding carboxylic acids is 5. The van der Waals surface area contributed by atoms with E-state index >= 15 is 0 Å². The molecule has 0 aliphatic heterocycles. The highest BCUT2D eigenvalue weighted by Gasteiger charge is 2.24. The summed E-state index contributed by atoms with van der Waals surface area (Å²) in [6, 6.07) is 13.2. The molecule has 2 unspecified atom stereocenters. The van der Waals surface area contributed by atoms with Gasteiger partial charge in [-0.3, -0.25) is 14.9 Å². The number of ketones is 1. The van der Waals surface area contributed by atoms with Gasteiger partial charge in [0.1, 0.15) is 5.75 Å². The van der Waals surface area contributed by atoms with Crippen LogP contribution in [0.15, 0.2) is 71.7 Å². The van der Waals surface area contributed by atoms with Crippen molar-refractivity contribution >= 4 is 41.2 Å². The Balaban J connectivity index is 2.08. The van der Waals surface area contributed by atoms with Gasteiger partial charge >= 0.3 is 18.0 Å². The standard InChI is InChI=1S/C28H31N3O9/c1-6-37-23(32)16-38-22-14-12-20(13-15-22)24(33)18(4)29-26(34)25(30-21-10-8-7-9-11-21)31-28(36)40-19(5)39-27(35)17(2)3/h7-15,18-19H,2,6,16H2,1,3-5H3,(H,29,34)(H,30,31,36). The van der Waals surface area contributed by atoms with Crippen molar-refractivity contribution in [1.82, 2.24) is 10.6 Å². The summed E-state index contributed by atoms with van der Waals surface area (Å²) in [5, 5.41) is 4.71. The average molecular weight is 554 g/mol. The van der Waals surface area contributed by atoms with Crippen LogP contribution in [0.5, 0.6) is 5.75 Å². The molecule has 2 aromatic rings. The largest absolute Gasteiger partial charge is 0.482 e. The van der Waals surface area contributed by atoms with Gasteiger partial charge in [-0.05, 0) is 57.2 Å². The minimum atomic E-state index is -1.28. The molecule has 12 heteroatoms. The molecule has 0 spiro atoms. The lowest BCUT2D eigenvalue weighted by atomic mass is 10.1. The zero-order valence-electron chi connectivity index (χ0n) is 22.6. The summed E-state index contributed by atoms with van der Waals surface area (Å²) in [4.78, 5) is 65.5. The van der Waals surface area contributed by atoms with Crippen LogP contribution in [0.4, 0.5) is 10.5 Å². The van der Waals surface area contributed by atoms with Crippen molar-refractivity contribution in [2.45, 2.75) is 40.0 Å². The number of amidine groups is 1. The predicted octanol–water partition coefficient (Wildman–Crippen LogP) is 3.24. The molecule has 0 radical (unpaired) electrons. The van der Waals surface area contributed by atoms with Crippen molar-refractivity contribution in [2.24, 2.45) is 4.99 Å². The van der Waals surface area contributed by atoms with E-state index < -0.39 is 47.9 Å². The number of carbonyl (C=O) groups is 5. The summed E-state index contributed by atoms with van der Waals surface area (Å²) in [5.74, 6) is -2.70. The summed E-state index contributed by atoms with van der Waals surface area (Å²) in [6.07, 6.45) is -2.40. The highest BCUT2D eigenvalue weighted by Crippen LogP contribution is 2.14. The fourth-order valence-electron chi connectivity index (χ4n) is 2.96. The third-order valence-corrected chi connectivity index (χ3v) is 4.87. The van der Waals surface area contributed by atoms with Crippen LogP contribution < -0.4 is 15.4 Å². The molecule has 0 aliphatic rings. The lowest BCUT2D eigenvalue weighted by Crippen LogP contribution is -2.48. The Labute approximate surface area is 231 Å². The Bertz CT molecular complexity index is 1260. The number of hydrogen-bond acceptors (Lipinski definition) is 10. The molecule has 0 fully saturated rings. The van der Waals surface area contributed by atoms with Crippen LogP contribution in [0, 0.1) is 0 Å². The summed E-state index contributed by atoms with van der Waals surface area (Å²) in [6.45, 7) is 9.28. The van der Waals surface area contributed by atoms with Crippen LogP contribution in [0.3, 0.4) is 0 Å². The number of nitrogens with one attached hydrogen (secondary N) is 2. The maximum atomic E-state index is 13.0. The first kappa shape index (κ1) is 31.2. The first-order valence-electron chi connectivity index (χ1n) is 12.2. The number of aliphatic imine (C=N–C) groups is 1. The number of hydrogen-bond donors (Lipinski definition) is 2. The normalized spacial score (nSPS) is 12.2. The maximum Gasteiger partial charge on any atom is 0.416 e. The third-order valence-electron chi connectivity index (χ3n) is 4.87.